The highest BCUT2D eigenvalue weighted by atomic mass is 32.2. The zero-order valence-electron chi connectivity index (χ0n) is 9.29. The van der Waals surface area contributed by atoms with Gasteiger partial charge in [-0.1, -0.05) is 23.9 Å². The standard InChI is InChI=1S/C12H9NO3S2/c14-10-8-3-1-2-4-9(8)11(15)13(10)5-7-6-18-12(17)16-7/h1-4,7H,5-6H2/t7-/m0/s1. The van der Waals surface area contributed by atoms with Crippen molar-refractivity contribution < 1.29 is 14.3 Å². The molecule has 2 amide bonds. The first kappa shape index (κ1) is 11.7. The quantitative estimate of drug-likeness (QED) is 0.609. The van der Waals surface area contributed by atoms with E-state index in [0.717, 1.165) is 0 Å². The molecule has 0 saturated carbocycles. The largest absolute Gasteiger partial charge is 0.472 e. The Hall–Kier alpha value is -1.40. The number of thioether (sulfide) groups is 1. The zero-order chi connectivity index (χ0) is 12.7. The molecule has 0 aromatic heterocycles. The van der Waals surface area contributed by atoms with Gasteiger partial charge in [0.25, 0.3) is 11.8 Å². The van der Waals surface area contributed by atoms with Crippen LogP contribution in [0.2, 0.25) is 0 Å². The number of hydrogen-bond donors (Lipinski definition) is 0. The van der Waals surface area contributed by atoms with Crippen LogP contribution in [0.3, 0.4) is 0 Å². The Balaban J connectivity index is 1.82. The van der Waals surface area contributed by atoms with E-state index in [1.54, 1.807) is 24.3 Å². The van der Waals surface area contributed by atoms with E-state index in [4.69, 9.17) is 17.0 Å². The minimum Gasteiger partial charge on any atom is -0.472 e. The van der Waals surface area contributed by atoms with E-state index < -0.39 is 0 Å². The fourth-order valence-corrected chi connectivity index (χ4v) is 3.10. The molecule has 0 N–H and O–H groups in total. The van der Waals surface area contributed by atoms with Gasteiger partial charge in [-0.3, -0.25) is 14.5 Å². The fraction of sp³-hybridized carbons (Fsp3) is 0.250. The smallest absolute Gasteiger partial charge is 0.261 e. The lowest BCUT2D eigenvalue weighted by atomic mass is 10.1. The number of nitrogens with zero attached hydrogens (tertiary/aromatic N) is 1. The number of hydrogen-bond acceptors (Lipinski definition) is 5. The Morgan fingerprint density at radius 2 is 1.89 bits per heavy atom. The maximum absolute atomic E-state index is 12.1. The van der Waals surface area contributed by atoms with E-state index >= 15 is 0 Å². The van der Waals surface area contributed by atoms with Gasteiger partial charge in [0.1, 0.15) is 6.10 Å². The highest BCUT2D eigenvalue weighted by molar-refractivity contribution is 8.22. The van der Waals surface area contributed by atoms with Crippen molar-refractivity contribution in [3.8, 4) is 0 Å². The number of amides is 2. The first-order valence-corrected chi connectivity index (χ1v) is 6.85. The van der Waals surface area contributed by atoms with Crippen molar-refractivity contribution >= 4 is 40.2 Å². The van der Waals surface area contributed by atoms with Gasteiger partial charge < -0.3 is 4.74 Å². The SMILES string of the molecule is O=C1c2ccccc2C(=O)N1C[C@H]1CSC(=S)O1. The number of carbonyl (C=O) groups is 2. The number of fused-ring (bicyclic) bond motifs is 1. The monoisotopic (exact) mass is 279 g/mol. The van der Waals surface area contributed by atoms with Crippen molar-refractivity contribution in [1.29, 1.82) is 0 Å². The second-order valence-corrected chi connectivity index (χ2v) is 5.69. The summed E-state index contributed by atoms with van der Waals surface area (Å²) in [5.41, 5.74) is 0.937. The molecule has 1 aromatic carbocycles. The lowest BCUT2D eigenvalue weighted by Gasteiger charge is -2.17. The summed E-state index contributed by atoms with van der Waals surface area (Å²) in [7, 11) is 0. The molecule has 2 aliphatic rings. The van der Waals surface area contributed by atoms with Crippen LogP contribution in [0.4, 0.5) is 0 Å². The molecule has 0 radical (unpaired) electrons. The van der Waals surface area contributed by atoms with Gasteiger partial charge in [-0.05, 0) is 24.4 Å². The minimum atomic E-state index is -0.248. The molecule has 1 atom stereocenters. The number of imide groups is 1. The Bertz CT molecular complexity index is 523. The third-order valence-corrected chi connectivity index (χ3v) is 4.23. The Morgan fingerprint density at radius 1 is 1.28 bits per heavy atom. The molecule has 1 aromatic rings. The molecule has 0 unspecified atom stereocenters. The van der Waals surface area contributed by atoms with E-state index in [2.05, 4.69) is 0 Å². The third kappa shape index (κ3) is 1.81. The lowest BCUT2D eigenvalue weighted by molar-refractivity contribution is 0.0590. The topological polar surface area (TPSA) is 46.6 Å². The summed E-state index contributed by atoms with van der Waals surface area (Å²) in [6.45, 7) is 0.263. The van der Waals surface area contributed by atoms with Crippen molar-refractivity contribution in [1.82, 2.24) is 4.90 Å². The predicted molar refractivity (Wildman–Crippen MR) is 71.7 cm³/mol. The van der Waals surface area contributed by atoms with Crippen LogP contribution >= 0.6 is 24.0 Å². The highest BCUT2D eigenvalue weighted by Gasteiger charge is 2.37. The first-order chi connectivity index (χ1) is 8.66. The third-order valence-electron chi connectivity index (χ3n) is 2.91. The van der Waals surface area contributed by atoms with Gasteiger partial charge in [-0.25, -0.2) is 0 Å². The maximum atomic E-state index is 12.1. The molecular weight excluding hydrogens is 270 g/mol. The summed E-state index contributed by atoms with van der Waals surface area (Å²) in [5.74, 6) is 0.190. The van der Waals surface area contributed by atoms with Gasteiger partial charge >= 0.3 is 0 Å². The van der Waals surface area contributed by atoms with E-state index in [0.29, 0.717) is 21.3 Å². The molecule has 6 heteroatoms. The van der Waals surface area contributed by atoms with Crippen molar-refractivity contribution in [3.63, 3.8) is 0 Å². The number of rotatable bonds is 2. The van der Waals surface area contributed by atoms with Gasteiger partial charge in [0.05, 0.1) is 17.7 Å². The molecule has 1 saturated heterocycles. The summed E-state index contributed by atoms with van der Waals surface area (Å²) in [4.78, 5) is 25.4. The van der Waals surface area contributed by atoms with Crippen molar-refractivity contribution in [2.45, 2.75) is 6.10 Å². The van der Waals surface area contributed by atoms with Gasteiger partial charge in [-0.15, -0.1) is 0 Å². The Kier molecular flexibility index (Phi) is 2.83. The summed E-state index contributed by atoms with van der Waals surface area (Å²) >= 11 is 6.35. The van der Waals surface area contributed by atoms with Gasteiger partial charge in [0, 0.05) is 5.75 Å². The minimum absolute atomic E-state index is 0.190. The van der Waals surface area contributed by atoms with Crippen LogP contribution in [-0.4, -0.2) is 39.5 Å². The Labute approximate surface area is 113 Å². The second-order valence-electron chi connectivity index (χ2n) is 4.07. The normalized spacial score (nSPS) is 22.3. The van der Waals surface area contributed by atoms with Gasteiger partial charge in [0.15, 0.2) is 0 Å². The van der Waals surface area contributed by atoms with Gasteiger partial charge in [-0.2, -0.15) is 0 Å². The summed E-state index contributed by atoms with van der Waals surface area (Å²) < 4.78 is 5.85. The second kappa shape index (κ2) is 4.37. The predicted octanol–water partition coefficient (Wildman–Crippen LogP) is 1.70. The molecule has 18 heavy (non-hydrogen) atoms. The molecule has 0 spiro atoms. The van der Waals surface area contributed by atoms with Crippen LogP contribution < -0.4 is 0 Å². The van der Waals surface area contributed by atoms with E-state index in [9.17, 15) is 9.59 Å². The van der Waals surface area contributed by atoms with E-state index in [1.165, 1.54) is 16.7 Å². The molecule has 1 fully saturated rings. The van der Waals surface area contributed by atoms with E-state index in [1.807, 2.05) is 0 Å². The first-order valence-electron chi connectivity index (χ1n) is 5.45. The maximum Gasteiger partial charge on any atom is 0.261 e. The molecule has 4 nitrogen and oxygen atoms in total. The molecule has 0 bridgehead atoms. The van der Waals surface area contributed by atoms with Crippen LogP contribution in [-0.2, 0) is 4.74 Å². The summed E-state index contributed by atoms with van der Waals surface area (Å²) in [6, 6.07) is 6.85. The molecule has 2 aliphatic heterocycles. The molecular formula is C12H9NO3S2. The average Bonchev–Trinajstić information content (AvgIpc) is 2.88. The van der Waals surface area contributed by atoms with E-state index in [-0.39, 0.29) is 24.5 Å². The number of ether oxygens (including phenoxy) is 1. The summed E-state index contributed by atoms with van der Waals surface area (Å²) in [5, 5.41) is 0. The molecule has 92 valence electrons. The van der Waals surface area contributed by atoms with Crippen LogP contribution in [0, 0.1) is 0 Å². The highest BCUT2D eigenvalue weighted by Crippen LogP contribution is 2.26. The zero-order valence-corrected chi connectivity index (χ0v) is 10.9. The summed E-state index contributed by atoms with van der Waals surface area (Å²) in [6.07, 6.45) is -0.190. The number of carbonyl (C=O) groups excluding carboxylic acids is 2. The Morgan fingerprint density at radius 3 is 2.39 bits per heavy atom. The number of thiocarbonyl (C=S) groups is 1. The molecule has 3 rings (SSSR count). The van der Waals surface area contributed by atoms with Crippen molar-refractivity contribution in [2.75, 3.05) is 12.3 Å². The van der Waals surface area contributed by atoms with Crippen LogP contribution in [0.1, 0.15) is 20.7 Å². The molecule has 0 aliphatic carbocycles. The lowest BCUT2D eigenvalue weighted by Crippen LogP contribution is -2.37. The van der Waals surface area contributed by atoms with Crippen molar-refractivity contribution in [3.05, 3.63) is 35.4 Å². The fourth-order valence-electron chi connectivity index (χ4n) is 2.06. The molecule has 2 heterocycles. The van der Waals surface area contributed by atoms with Crippen LogP contribution in [0.15, 0.2) is 24.3 Å². The average molecular weight is 279 g/mol. The number of benzene rings is 1. The van der Waals surface area contributed by atoms with Gasteiger partial charge in [0.2, 0.25) is 4.38 Å². The van der Waals surface area contributed by atoms with Crippen LogP contribution in [0.5, 0.6) is 0 Å². The van der Waals surface area contributed by atoms with Crippen LogP contribution in [0.25, 0.3) is 0 Å². The van der Waals surface area contributed by atoms with Crippen molar-refractivity contribution in [2.24, 2.45) is 0 Å².